The number of piperidine rings is 1. The van der Waals surface area contributed by atoms with Gasteiger partial charge in [-0.25, -0.2) is 5.84 Å². The van der Waals surface area contributed by atoms with E-state index < -0.39 is 0 Å². The largest absolute Gasteiger partial charge is 0.317 e. The monoisotopic (exact) mass is 228 g/mol. The van der Waals surface area contributed by atoms with Gasteiger partial charge in [-0.3, -0.25) is 15.1 Å². The lowest BCUT2D eigenvalue weighted by Crippen LogP contribution is -2.50. The highest BCUT2D eigenvalue weighted by Gasteiger charge is 2.28. The fourth-order valence-corrected chi connectivity index (χ4v) is 2.25. The molecule has 94 valence electrons. The van der Waals surface area contributed by atoms with Gasteiger partial charge < -0.3 is 5.32 Å². The van der Waals surface area contributed by atoms with Gasteiger partial charge in [0.05, 0.1) is 5.92 Å². The van der Waals surface area contributed by atoms with Gasteiger partial charge in [-0.2, -0.15) is 0 Å². The fraction of sp³-hybridized carbons (Fsp3) is 0.909. The Balaban J connectivity index is 2.51. The Hall–Kier alpha value is -0.650. The maximum atomic E-state index is 11.5. The summed E-state index contributed by atoms with van der Waals surface area (Å²) in [7, 11) is 2.10. The molecule has 1 amide bonds. The van der Waals surface area contributed by atoms with Crippen molar-refractivity contribution in [2.24, 2.45) is 11.8 Å². The quantitative estimate of drug-likeness (QED) is 0.350. The molecule has 5 nitrogen and oxygen atoms in total. The van der Waals surface area contributed by atoms with Crippen LogP contribution in [0.25, 0.3) is 0 Å². The first-order valence-electron chi connectivity index (χ1n) is 6.01. The summed E-state index contributed by atoms with van der Waals surface area (Å²) in [4.78, 5) is 13.8. The van der Waals surface area contributed by atoms with Crippen molar-refractivity contribution in [1.82, 2.24) is 15.6 Å². The van der Waals surface area contributed by atoms with Crippen molar-refractivity contribution in [1.29, 1.82) is 0 Å². The molecule has 0 spiro atoms. The number of carbonyl (C=O) groups excluding carboxylic acids is 1. The van der Waals surface area contributed by atoms with E-state index in [4.69, 9.17) is 5.84 Å². The predicted molar refractivity (Wildman–Crippen MR) is 64.6 cm³/mol. The number of carbonyl (C=O) groups is 1. The number of rotatable bonds is 4. The summed E-state index contributed by atoms with van der Waals surface area (Å²) in [5.74, 6) is 4.99. The van der Waals surface area contributed by atoms with Crippen molar-refractivity contribution in [2.45, 2.75) is 38.8 Å². The third kappa shape index (κ3) is 3.17. The molecule has 0 aromatic rings. The van der Waals surface area contributed by atoms with Crippen molar-refractivity contribution in [3.8, 4) is 0 Å². The molecule has 0 radical (unpaired) electrons. The van der Waals surface area contributed by atoms with Crippen molar-refractivity contribution in [3.05, 3.63) is 0 Å². The van der Waals surface area contributed by atoms with Crippen LogP contribution in [-0.2, 0) is 4.79 Å². The minimum absolute atomic E-state index is 0.0788. The Morgan fingerprint density at radius 2 is 2.00 bits per heavy atom. The number of nitrogens with two attached hydrogens (primary N) is 1. The second-order valence-corrected chi connectivity index (χ2v) is 4.68. The molecule has 0 aromatic carbocycles. The third-order valence-corrected chi connectivity index (χ3v) is 3.81. The van der Waals surface area contributed by atoms with Crippen molar-refractivity contribution in [2.75, 3.05) is 20.1 Å². The first-order valence-corrected chi connectivity index (χ1v) is 6.01. The standard InChI is InChI=1S/C11H24N4O/c1-8(11(16)14-12)9(2)15(3)10-4-6-13-7-5-10/h8-10,13H,4-7,12H2,1-3H3,(H,14,16). The molecule has 1 heterocycles. The maximum absolute atomic E-state index is 11.5. The summed E-state index contributed by atoms with van der Waals surface area (Å²) in [5.41, 5.74) is 2.23. The van der Waals surface area contributed by atoms with Crippen LogP contribution in [0.3, 0.4) is 0 Å². The van der Waals surface area contributed by atoms with Gasteiger partial charge in [-0.05, 0) is 39.9 Å². The predicted octanol–water partition coefficient (Wildman–Crippen LogP) is -0.315. The molecule has 2 unspecified atom stereocenters. The van der Waals surface area contributed by atoms with Gasteiger partial charge in [0.2, 0.25) is 5.91 Å². The number of nitrogens with one attached hydrogen (secondary N) is 2. The van der Waals surface area contributed by atoms with E-state index in [1.807, 2.05) is 6.92 Å². The number of hydrogen-bond donors (Lipinski definition) is 3. The van der Waals surface area contributed by atoms with E-state index in [0.717, 1.165) is 25.9 Å². The minimum Gasteiger partial charge on any atom is -0.317 e. The Morgan fingerprint density at radius 1 is 1.44 bits per heavy atom. The second kappa shape index (κ2) is 6.18. The van der Waals surface area contributed by atoms with Crippen LogP contribution in [0.2, 0.25) is 0 Å². The molecule has 0 bridgehead atoms. The number of amides is 1. The van der Waals surface area contributed by atoms with E-state index in [9.17, 15) is 4.79 Å². The number of hydrazine groups is 1. The van der Waals surface area contributed by atoms with Crippen LogP contribution in [0.15, 0.2) is 0 Å². The molecule has 2 atom stereocenters. The summed E-state index contributed by atoms with van der Waals surface area (Å²) in [6.45, 7) is 6.14. The molecular weight excluding hydrogens is 204 g/mol. The summed E-state index contributed by atoms with van der Waals surface area (Å²) in [5, 5.41) is 3.35. The van der Waals surface area contributed by atoms with Crippen LogP contribution in [-0.4, -0.2) is 43.0 Å². The van der Waals surface area contributed by atoms with Gasteiger partial charge in [-0.1, -0.05) is 6.92 Å². The van der Waals surface area contributed by atoms with Crippen LogP contribution in [0.5, 0.6) is 0 Å². The van der Waals surface area contributed by atoms with Gasteiger partial charge in [-0.15, -0.1) is 0 Å². The molecule has 0 aromatic heterocycles. The van der Waals surface area contributed by atoms with E-state index in [1.54, 1.807) is 0 Å². The molecule has 1 aliphatic heterocycles. The van der Waals surface area contributed by atoms with E-state index in [2.05, 4.69) is 29.6 Å². The van der Waals surface area contributed by atoms with Gasteiger partial charge >= 0.3 is 0 Å². The summed E-state index contributed by atoms with van der Waals surface area (Å²) < 4.78 is 0. The summed E-state index contributed by atoms with van der Waals surface area (Å²) in [6, 6.07) is 0.788. The van der Waals surface area contributed by atoms with Gasteiger partial charge in [0.15, 0.2) is 0 Å². The first-order chi connectivity index (χ1) is 7.57. The highest BCUT2D eigenvalue weighted by molar-refractivity contribution is 5.78. The molecule has 0 saturated carbocycles. The zero-order valence-corrected chi connectivity index (χ0v) is 10.5. The lowest BCUT2D eigenvalue weighted by molar-refractivity contribution is -0.126. The zero-order chi connectivity index (χ0) is 12.1. The Labute approximate surface area is 97.7 Å². The van der Waals surface area contributed by atoms with E-state index in [0.29, 0.717) is 6.04 Å². The number of nitrogens with zero attached hydrogens (tertiary/aromatic N) is 1. The van der Waals surface area contributed by atoms with Crippen molar-refractivity contribution < 1.29 is 4.79 Å². The Morgan fingerprint density at radius 3 is 2.50 bits per heavy atom. The SMILES string of the molecule is CC(C(=O)NN)C(C)N(C)C1CCNCC1. The zero-order valence-electron chi connectivity index (χ0n) is 10.5. The molecule has 1 rings (SSSR count). The average molecular weight is 228 g/mol. The molecule has 1 saturated heterocycles. The summed E-state index contributed by atoms with van der Waals surface area (Å²) in [6.07, 6.45) is 2.30. The van der Waals surface area contributed by atoms with E-state index >= 15 is 0 Å². The molecule has 1 aliphatic rings. The topological polar surface area (TPSA) is 70.4 Å². The molecular formula is C11H24N4O. The van der Waals surface area contributed by atoms with Crippen LogP contribution >= 0.6 is 0 Å². The Bertz CT molecular complexity index is 228. The molecule has 4 N–H and O–H groups in total. The molecule has 16 heavy (non-hydrogen) atoms. The molecule has 0 aliphatic carbocycles. The average Bonchev–Trinajstić information content (AvgIpc) is 2.36. The maximum Gasteiger partial charge on any atom is 0.238 e. The fourth-order valence-electron chi connectivity index (χ4n) is 2.25. The van der Waals surface area contributed by atoms with Gasteiger partial charge in [0, 0.05) is 12.1 Å². The van der Waals surface area contributed by atoms with Crippen LogP contribution in [0.1, 0.15) is 26.7 Å². The highest BCUT2D eigenvalue weighted by Crippen LogP contribution is 2.17. The molecule has 5 heteroatoms. The lowest BCUT2D eigenvalue weighted by Gasteiger charge is -2.37. The van der Waals surface area contributed by atoms with Gasteiger partial charge in [0.1, 0.15) is 0 Å². The third-order valence-electron chi connectivity index (χ3n) is 3.81. The molecule has 1 fully saturated rings. The highest BCUT2D eigenvalue weighted by atomic mass is 16.2. The lowest BCUT2D eigenvalue weighted by atomic mass is 9.97. The van der Waals surface area contributed by atoms with Crippen LogP contribution in [0.4, 0.5) is 0 Å². The summed E-state index contributed by atoms with van der Waals surface area (Å²) >= 11 is 0. The minimum atomic E-state index is -0.0896. The van der Waals surface area contributed by atoms with Gasteiger partial charge in [0.25, 0.3) is 0 Å². The van der Waals surface area contributed by atoms with Crippen LogP contribution < -0.4 is 16.6 Å². The second-order valence-electron chi connectivity index (χ2n) is 4.68. The van der Waals surface area contributed by atoms with Crippen molar-refractivity contribution >= 4 is 5.91 Å². The van der Waals surface area contributed by atoms with Crippen molar-refractivity contribution in [3.63, 3.8) is 0 Å². The van der Waals surface area contributed by atoms with Crippen LogP contribution in [0, 0.1) is 5.92 Å². The van der Waals surface area contributed by atoms with E-state index in [1.165, 1.54) is 0 Å². The van der Waals surface area contributed by atoms with E-state index in [-0.39, 0.29) is 17.9 Å². The normalized spacial score (nSPS) is 21.8. The number of hydrogen-bond acceptors (Lipinski definition) is 4. The smallest absolute Gasteiger partial charge is 0.238 e. The first kappa shape index (κ1) is 13.4. The Kier molecular flexibility index (Phi) is 5.18.